The molecule has 0 bridgehead atoms. The van der Waals surface area contributed by atoms with Crippen molar-refractivity contribution in [1.82, 2.24) is 4.90 Å². The van der Waals surface area contributed by atoms with Crippen LogP contribution in [0, 0.1) is 5.82 Å². The van der Waals surface area contributed by atoms with Crippen molar-refractivity contribution in [2.24, 2.45) is 5.73 Å². The van der Waals surface area contributed by atoms with Crippen LogP contribution in [0.2, 0.25) is 0 Å². The van der Waals surface area contributed by atoms with Gasteiger partial charge in [-0.3, -0.25) is 4.90 Å². The van der Waals surface area contributed by atoms with Gasteiger partial charge in [0.2, 0.25) is 0 Å². The van der Waals surface area contributed by atoms with E-state index in [2.05, 4.69) is 4.90 Å². The number of hydrogen-bond donors (Lipinski definition) is 1. The fourth-order valence-electron chi connectivity index (χ4n) is 2.22. The highest BCUT2D eigenvalue weighted by molar-refractivity contribution is 5.25. The number of halogens is 1. The summed E-state index contributed by atoms with van der Waals surface area (Å²) in [6.45, 7) is 5.82. The summed E-state index contributed by atoms with van der Waals surface area (Å²) in [6.07, 6.45) is 0.717. The van der Waals surface area contributed by atoms with E-state index in [0.717, 1.165) is 43.9 Å². The Morgan fingerprint density at radius 2 is 2.11 bits per heavy atom. The Kier molecular flexibility index (Phi) is 4.69. The zero-order chi connectivity index (χ0) is 13.0. The summed E-state index contributed by atoms with van der Waals surface area (Å²) in [5.74, 6) is -0.125. The van der Waals surface area contributed by atoms with Gasteiger partial charge in [0.15, 0.2) is 0 Å². The molecule has 1 saturated heterocycles. The number of morpholine rings is 1. The molecule has 0 aromatic heterocycles. The third-order valence-electron chi connectivity index (χ3n) is 3.17. The molecule has 1 heterocycles. The summed E-state index contributed by atoms with van der Waals surface area (Å²) in [5.41, 5.74) is 7.44. The second-order valence-electron chi connectivity index (χ2n) is 5.00. The van der Waals surface area contributed by atoms with Crippen LogP contribution in [0.4, 0.5) is 4.39 Å². The lowest BCUT2D eigenvalue weighted by Gasteiger charge is -2.26. The summed E-state index contributed by atoms with van der Waals surface area (Å²) in [5, 5.41) is 0. The summed E-state index contributed by atoms with van der Waals surface area (Å²) >= 11 is 0. The smallest absolute Gasteiger partial charge is 0.127 e. The normalized spacial score (nSPS) is 18.8. The van der Waals surface area contributed by atoms with E-state index in [1.54, 1.807) is 6.07 Å². The molecule has 1 fully saturated rings. The largest absolute Gasteiger partial charge is 0.379 e. The monoisotopic (exact) mass is 252 g/mol. The zero-order valence-corrected chi connectivity index (χ0v) is 10.9. The van der Waals surface area contributed by atoms with E-state index in [1.165, 1.54) is 0 Å². The van der Waals surface area contributed by atoms with Crippen LogP contribution in [-0.2, 0) is 17.7 Å². The molecule has 0 aliphatic carbocycles. The first-order valence-corrected chi connectivity index (χ1v) is 6.48. The maximum atomic E-state index is 14.0. The van der Waals surface area contributed by atoms with E-state index in [0.29, 0.717) is 6.54 Å². The number of hydrogen-bond acceptors (Lipinski definition) is 3. The van der Waals surface area contributed by atoms with Crippen LogP contribution in [0.3, 0.4) is 0 Å². The van der Waals surface area contributed by atoms with Gasteiger partial charge in [0, 0.05) is 31.2 Å². The topological polar surface area (TPSA) is 38.5 Å². The molecule has 0 radical (unpaired) electrons. The number of ether oxygens (including phenoxy) is 1. The van der Waals surface area contributed by atoms with Crippen LogP contribution < -0.4 is 5.73 Å². The highest BCUT2D eigenvalue weighted by Gasteiger charge is 2.13. The highest BCUT2D eigenvalue weighted by Crippen LogP contribution is 2.14. The molecule has 4 heteroatoms. The van der Waals surface area contributed by atoms with Crippen LogP contribution in [0.25, 0.3) is 0 Å². The molecule has 18 heavy (non-hydrogen) atoms. The molecule has 1 aliphatic rings. The molecular weight excluding hydrogens is 231 g/mol. The molecular formula is C14H21FN2O. The van der Waals surface area contributed by atoms with Crippen molar-refractivity contribution in [3.8, 4) is 0 Å². The van der Waals surface area contributed by atoms with Gasteiger partial charge in [0.25, 0.3) is 0 Å². The average molecular weight is 252 g/mol. The molecule has 3 nitrogen and oxygen atoms in total. The van der Waals surface area contributed by atoms with Crippen molar-refractivity contribution in [3.63, 3.8) is 0 Å². The number of rotatable bonds is 4. The van der Waals surface area contributed by atoms with Crippen LogP contribution in [0.15, 0.2) is 18.2 Å². The van der Waals surface area contributed by atoms with E-state index in [1.807, 2.05) is 19.1 Å². The minimum Gasteiger partial charge on any atom is -0.379 e. The van der Waals surface area contributed by atoms with E-state index >= 15 is 0 Å². The first kappa shape index (κ1) is 13.5. The molecule has 1 atom stereocenters. The van der Waals surface area contributed by atoms with Crippen molar-refractivity contribution < 1.29 is 9.13 Å². The average Bonchev–Trinajstić information content (AvgIpc) is 2.33. The Balaban J connectivity index is 2.00. The summed E-state index contributed by atoms with van der Waals surface area (Å²) in [4.78, 5) is 2.22. The number of nitrogens with zero attached hydrogens (tertiary/aromatic N) is 1. The third-order valence-corrected chi connectivity index (χ3v) is 3.17. The molecule has 1 aromatic carbocycles. The molecule has 0 amide bonds. The van der Waals surface area contributed by atoms with Crippen molar-refractivity contribution >= 4 is 0 Å². The van der Waals surface area contributed by atoms with E-state index in [4.69, 9.17) is 10.5 Å². The molecule has 0 spiro atoms. The maximum Gasteiger partial charge on any atom is 0.127 e. The Hall–Kier alpha value is -0.970. The lowest BCUT2D eigenvalue weighted by atomic mass is 10.0. The first-order chi connectivity index (χ1) is 8.65. The van der Waals surface area contributed by atoms with E-state index < -0.39 is 0 Å². The zero-order valence-electron chi connectivity index (χ0n) is 10.9. The Labute approximate surface area is 108 Å². The molecule has 1 aliphatic heterocycles. The van der Waals surface area contributed by atoms with Crippen LogP contribution in [0.1, 0.15) is 18.1 Å². The third kappa shape index (κ3) is 3.77. The van der Waals surface area contributed by atoms with Gasteiger partial charge in [0.1, 0.15) is 5.82 Å². The lowest BCUT2D eigenvalue weighted by Crippen LogP contribution is -2.35. The van der Waals surface area contributed by atoms with Gasteiger partial charge in [-0.1, -0.05) is 12.1 Å². The maximum absolute atomic E-state index is 14.0. The van der Waals surface area contributed by atoms with E-state index in [-0.39, 0.29) is 11.9 Å². The Bertz CT molecular complexity index is 389. The van der Waals surface area contributed by atoms with Crippen molar-refractivity contribution in [2.45, 2.75) is 25.9 Å². The van der Waals surface area contributed by atoms with Gasteiger partial charge in [-0.05, 0) is 25.0 Å². The standard InChI is InChI=1S/C14H21FN2O/c1-11(16)8-12-2-3-13(14(15)9-12)10-17-4-6-18-7-5-17/h2-3,9,11H,4-8,10,16H2,1H3. The Morgan fingerprint density at radius 1 is 1.39 bits per heavy atom. The summed E-state index contributed by atoms with van der Waals surface area (Å²) < 4.78 is 19.2. The fraction of sp³-hybridized carbons (Fsp3) is 0.571. The number of benzene rings is 1. The van der Waals surface area contributed by atoms with Gasteiger partial charge in [-0.25, -0.2) is 4.39 Å². The van der Waals surface area contributed by atoms with E-state index in [9.17, 15) is 4.39 Å². The number of nitrogens with two attached hydrogens (primary N) is 1. The van der Waals surface area contributed by atoms with Crippen LogP contribution >= 0.6 is 0 Å². The second-order valence-corrected chi connectivity index (χ2v) is 5.00. The van der Waals surface area contributed by atoms with Gasteiger partial charge >= 0.3 is 0 Å². The summed E-state index contributed by atoms with van der Waals surface area (Å²) in [6, 6.07) is 5.53. The second kappa shape index (κ2) is 6.27. The quantitative estimate of drug-likeness (QED) is 0.883. The minimum atomic E-state index is -0.125. The van der Waals surface area contributed by atoms with Gasteiger partial charge in [-0.2, -0.15) is 0 Å². The molecule has 1 unspecified atom stereocenters. The predicted molar refractivity (Wildman–Crippen MR) is 69.8 cm³/mol. The molecule has 2 rings (SSSR count). The van der Waals surface area contributed by atoms with Gasteiger partial charge in [-0.15, -0.1) is 0 Å². The van der Waals surface area contributed by atoms with Crippen LogP contribution in [-0.4, -0.2) is 37.2 Å². The highest BCUT2D eigenvalue weighted by atomic mass is 19.1. The lowest BCUT2D eigenvalue weighted by molar-refractivity contribution is 0.0337. The molecule has 0 saturated carbocycles. The minimum absolute atomic E-state index is 0.0643. The molecule has 1 aromatic rings. The molecule has 2 N–H and O–H groups in total. The SMILES string of the molecule is CC(N)Cc1ccc(CN2CCOCC2)c(F)c1. The predicted octanol–water partition coefficient (Wildman–Crippen LogP) is 1.55. The Morgan fingerprint density at radius 3 is 2.72 bits per heavy atom. The van der Waals surface area contributed by atoms with Crippen molar-refractivity contribution in [3.05, 3.63) is 35.1 Å². The van der Waals surface area contributed by atoms with Crippen LogP contribution in [0.5, 0.6) is 0 Å². The van der Waals surface area contributed by atoms with Crippen molar-refractivity contribution in [2.75, 3.05) is 26.3 Å². The van der Waals surface area contributed by atoms with Gasteiger partial charge in [0.05, 0.1) is 13.2 Å². The summed E-state index contributed by atoms with van der Waals surface area (Å²) in [7, 11) is 0. The first-order valence-electron chi connectivity index (χ1n) is 6.48. The van der Waals surface area contributed by atoms with Crippen molar-refractivity contribution in [1.29, 1.82) is 0 Å². The van der Waals surface area contributed by atoms with Gasteiger partial charge < -0.3 is 10.5 Å². The molecule has 100 valence electrons. The fourth-order valence-corrected chi connectivity index (χ4v) is 2.22.